The van der Waals surface area contributed by atoms with E-state index < -0.39 is 15.9 Å². The van der Waals surface area contributed by atoms with Crippen molar-refractivity contribution in [2.75, 3.05) is 37.4 Å². The van der Waals surface area contributed by atoms with Gasteiger partial charge in [-0.1, -0.05) is 30.3 Å². The van der Waals surface area contributed by atoms with Crippen LogP contribution >= 0.6 is 0 Å². The average molecular weight is 523 g/mol. The highest BCUT2D eigenvalue weighted by Gasteiger charge is 2.18. The molecule has 1 fully saturated rings. The quantitative estimate of drug-likeness (QED) is 0.356. The minimum Gasteiger partial charge on any atom is -0.455 e. The molecule has 0 saturated carbocycles. The number of benzene rings is 3. The van der Waals surface area contributed by atoms with E-state index in [0.717, 1.165) is 19.6 Å². The zero-order chi connectivity index (χ0) is 26.1. The lowest BCUT2D eigenvalue weighted by molar-refractivity contribution is -0.120. The fourth-order valence-corrected chi connectivity index (χ4v) is 5.00. The summed E-state index contributed by atoms with van der Waals surface area (Å²) in [5.41, 5.74) is 0.528. The third-order valence-electron chi connectivity index (χ3n) is 5.89. The lowest BCUT2D eigenvalue weighted by atomic mass is 10.2. The van der Waals surface area contributed by atoms with E-state index in [2.05, 4.69) is 20.3 Å². The van der Waals surface area contributed by atoms with E-state index in [1.54, 1.807) is 36.4 Å². The van der Waals surface area contributed by atoms with Crippen LogP contribution < -0.4 is 20.1 Å². The van der Waals surface area contributed by atoms with Crippen LogP contribution in [0, 0.1) is 0 Å². The molecule has 1 aliphatic rings. The second-order valence-corrected chi connectivity index (χ2v) is 10.3. The highest BCUT2D eigenvalue weighted by molar-refractivity contribution is 7.92. The number of hydrogen-bond donors (Lipinski definition) is 3. The predicted octanol–water partition coefficient (Wildman–Crippen LogP) is 3.22. The number of para-hydroxylation sites is 3. The number of sulfonamides is 1. The maximum Gasteiger partial charge on any atom is 0.262 e. The third-order valence-corrected chi connectivity index (χ3v) is 7.27. The highest BCUT2D eigenvalue weighted by Crippen LogP contribution is 2.30. The van der Waals surface area contributed by atoms with Crippen molar-refractivity contribution in [3.8, 4) is 11.5 Å². The first-order valence-electron chi connectivity index (χ1n) is 12.1. The summed E-state index contributed by atoms with van der Waals surface area (Å²) in [6, 6.07) is 21.3. The molecule has 1 aliphatic heterocycles. The molecule has 0 aliphatic carbocycles. The fourth-order valence-electron chi connectivity index (χ4n) is 3.93. The summed E-state index contributed by atoms with van der Waals surface area (Å²) in [4.78, 5) is 26.7. The number of nitrogens with zero attached hydrogens (tertiary/aromatic N) is 1. The molecule has 0 bridgehead atoms. The van der Waals surface area contributed by atoms with Gasteiger partial charge in [-0.3, -0.25) is 14.3 Å². The molecule has 194 valence electrons. The molecule has 4 rings (SSSR count). The van der Waals surface area contributed by atoms with Crippen LogP contribution in [0.4, 0.5) is 5.69 Å². The van der Waals surface area contributed by atoms with Crippen molar-refractivity contribution in [3.63, 3.8) is 0 Å². The Labute approximate surface area is 216 Å². The molecule has 2 amide bonds. The Morgan fingerprint density at radius 1 is 0.838 bits per heavy atom. The number of carbonyl (C=O) groups is 2. The van der Waals surface area contributed by atoms with Crippen molar-refractivity contribution < 1.29 is 22.7 Å². The molecule has 3 N–H and O–H groups in total. The van der Waals surface area contributed by atoms with Crippen LogP contribution in [-0.2, 0) is 14.8 Å². The number of nitrogens with one attached hydrogen (secondary N) is 3. The van der Waals surface area contributed by atoms with Gasteiger partial charge in [0.25, 0.3) is 15.9 Å². The number of amides is 2. The molecule has 3 aromatic rings. The molecular formula is C27H30N4O5S. The van der Waals surface area contributed by atoms with Crippen LogP contribution in [0.15, 0.2) is 83.8 Å². The second-order valence-electron chi connectivity index (χ2n) is 8.62. The number of hydrogen-bond acceptors (Lipinski definition) is 6. The van der Waals surface area contributed by atoms with Gasteiger partial charge in [-0.2, -0.15) is 0 Å². The molecule has 3 aromatic carbocycles. The summed E-state index contributed by atoms with van der Waals surface area (Å²) in [6.07, 6.45) is 2.38. The van der Waals surface area contributed by atoms with E-state index in [1.807, 2.05) is 18.2 Å². The van der Waals surface area contributed by atoms with E-state index in [9.17, 15) is 18.0 Å². The highest BCUT2D eigenvalue weighted by atomic mass is 32.2. The molecule has 0 spiro atoms. The summed E-state index contributed by atoms with van der Waals surface area (Å²) in [7, 11) is -3.94. The summed E-state index contributed by atoms with van der Waals surface area (Å²) in [5.74, 6) is 0.192. The summed E-state index contributed by atoms with van der Waals surface area (Å²) >= 11 is 0. The molecule has 0 atom stereocenters. The first-order valence-corrected chi connectivity index (χ1v) is 13.6. The van der Waals surface area contributed by atoms with Gasteiger partial charge >= 0.3 is 0 Å². The maximum atomic E-state index is 13.0. The molecule has 0 aromatic heterocycles. The first-order chi connectivity index (χ1) is 17.9. The summed E-state index contributed by atoms with van der Waals surface area (Å²) in [6.45, 7) is 3.29. The third kappa shape index (κ3) is 7.55. The standard InChI is InChI=1S/C27H30N4O5S/c32-26(28-16-19-31-17-6-7-18-31)20-29-27(33)21-12-14-23(15-13-21)37(34,35)30-24-10-4-5-11-25(24)36-22-8-2-1-3-9-22/h1-5,8-15,30H,6-7,16-20H2,(H,28,32)(H,29,33). The van der Waals surface area contributed by atoms with E-state index in [4.69, 9.17) is 4.74 Å². The van der Waals surface area contributed by atoms with Gasteiger partial charge in [0.05, 0.1) is 17.1 Å². The number of carbonyl (C=O) groups excluding carboxylic acids is 2. The van der Waals surface area contributed by atoms with Gasteiger partial charge < -0.3 is 20.3 Å². The van der Waals surface area contributed by atoms with Crippen LogP contribution in [-0.4, -0.2) is 57.9 Å². The van der Waals surface area contributed by atoms with Gasteiger partial charge in [0.1, 0.15) is 5.75 Å². The van der Waals surface area contributed by atoms with Crippen molar-refractivity contribution in [3.05, 3.63) is 84.4 Å². The topological polar surface area (TPSA) is 117 Å². The van der Waals surface area contributed by atoms with E-state index in [0.29, 0.717) is 18.0 Å². The van der Waals surface area contributed by atoms with Crippen molar-refractivity contribution in [2.45, 2.75) is 17.7 Å². The Hall–Kier alpha value is -3.89. The fraction of sp³-hybridized carbons (Fsp3) is 0.259. The minimum atomic E-state index is -3.94. The Morgan fingerprint density at radius 2 is 1.51 bits per heavy atom. The van der Waals surface area contributed by atoms with Crippen LogP contribution in [0.3, 0.4) is 0 Å². The Bertz CT molecular complexity index is 1310. The molecule has 37 heavy (non-hydrogen) atoms. The maximum absolute atomic E-state index is 13.0. The zero-order valence-electron chi connectivity index (χ0n) is 20.4. The van der Waals surface area contributed by atoms with Crippen LogP contribution in [0.5, 0.6) is 11.5 Å². The lowest BCUT2D eigenvalue weighted by Gasteiger charge is -2.15. The Balaban J connectivity index is 1.31. The van der Waals surface area contributed by atoms with Crippen molar-refractivity contribution in [1.29, 1.82) is 0 Å². The predicted molar refractivity (Wildman–Crippen MR) is 141 cm³/mol. The van der Waals surface area contributed by atoms with Crippen molar-refractivity contribution in [1.82, 2.24) is 15.5 Å². The monoisotopic (exact) mass is 522 g/mol. The molecule has 10 heteroatoms. The first kappa shape index (κ1) is 26.2. The lowest BCUT2D eigenvalue weighted by Crippen LogP contribution is -2.40. The number of rotatable bonds is 11. The average Bonchev–Trinajstić information content (AvgIpc) is 3.43. The van der Waals surface area contributed by atoms with Gasteiger partial charge in [0, 0.05) is 18.7 Å². The zero-order valence-corrected chi connectivity index (χ0v) is 21.2. The molecule has 0 unspecified atom stereocenters. The summed E-state index contributed by atoms with van der Waals surface area (Å²) in [5, 5.41) is 5.35. The van der Waals surface area contributed by atoms with Gasteiger partial charge in [-0.05, 0) is 74.5 Å². The van der Waals surface area contributed by atoms with Crippen LogP contribution in [0.2, 0.25) is 0 Å². The Morgan fingerprint density at radius 3 is 2.24 bits per heavy atom. The van der Waals surface area contributed by atoms with Gasteiger partial charge in [0.2, 0.25) is 5.91 Å². The van der Waals surface area contributed by atoms with Gasteiger partial charge in [-0.25, -0.2) is 8.42 Å². The van der Waals surface area contributed by atoms with Gasteiger partial charge in [-0.15, -0.1) is 0 Å². The molecular weight excluding hydrogens is 492 g/mol. The number of ether oxygens (including phenoxy) is 1. The van der Waals surface area contributed by atoms with E-state index >= 15 is 0 Å². The van der Waals surface area contributed by atoms with Crippen molar-refractivity contribution in [2.24, 2.45) is 0 Å². The Kier molecular flexibility index (Phi) is 8.76. The van der Waals surface area contributed by atoms with Crippen LogP contribution in [0.1, 0.15) is 23.2 Å². The minimum absolute atomic E-state index is 0.0155. The molecule has 1 heterocycles. The van der Waals surface area contributed by atoms with Crippen molar-refractivity contribution >= 4 is 27.5 Å². The van der Waals surface area contributed by atoms with E-state index in [1.165, 1.54) is 37.1 Å². The van der Waals surface area contributed by atoms with E-state index in [-0.39, 0.29) is 28.6 Å². The SMILES string of the molecule is O=C(CNC(=O)c1ccc(S(=O)(=O)Nc2ccccc2Oc2ccccc2)cc1)NCCN1CCCC1. The van der Waals surface area contributed by atoms with Gasteiger partial charge in [0.15, 0.2) is 5.75 Å². The number of anilines is 1. The smallest absolute Gasteiger partial charge is 0.262 e. The number of likely N-dealkylation sites (tertiary alicyclic amines) is 1. The molecule has 0 radical (unpaired) electrons. The van der Waals surface area contributed by atoms with Crippen LogP contribution in [0.25, 0.3) is 0 Å². The molecule has 9 nitrogen and oxygen atoms in total. The summed E-state index contributed by atoms with van der Waals surface area (Å²) < 4.78 is 34.3. The molecule has 1 saturated heterocycles. The second kappa shape index (κ2) is 12.4. The largest absolute Gasteiger partial charge is 0.455 e. The normalized spacial score (nSPS) is 13.6.